The van der Waals surface area contributed by atoms with Crippen molar-refractivity contribution in [1.82, 2.24) is 15.3 Å². The molecule has 6 nitrogen and oxygen atoms in total. The molecule has 3 N–H and O–H groups in total. The monoisotopic (exact) mass is 315 g/mol. The number of hydrogen-bond donors (Lipinski definition) is 3. The van der Waals surface area contributed by atoms with Crippen LogP contribution in [0.5, 0.6) is 0 Å². The van der Waals surface area contributed by atoms with E-state index in [1.165, 1.54) is 6.08 Å². The highest BCUT2D eigenvalue weighted by Crippen LogP contribution is 2.13. The van der Waals surface area contributed by atoms with Crippen molar-refractivity contribution in [3.05, 3.63) is 42.7 Å². The number of carboxylic acid groups (broad SMARTS) is 1. The second-order valence-electron chi connectivity index (χ2n) is 3.98. The van der Waals surface area contributed by atoms with E-state index in [1.54, 1.807) is 6.33 Å². The van der Waals surface area contributed by atoms with Crippen LogP contribution in [0.3, 0.4) is 0 Å². The molecule has 0 unspecified atom stereocenters. The van der Waals surface area contributed by atoms with E-state index in [-0.39, 0.29) is 5.91 Å². The van der Waals surface area contributed by atoms with E-state index in [0.717, 1.165) is 16.6 Å². The molecule has 2 rings (SSSR count). The Hall–Kier alpha value is -2.84. The van der Waals surface area contributed by atoms with Crippen molar-refractivity contribution in [2.24, 2.45) is 0 Å². The zero-order valence-corrected chi connectivity index (χ0v) is 11.1. The number of aliphatic carboxylic acids is 1. The number of H-pyrrole nitrogens is 1. The average Bonchev–Trinajstić information content (AvgIpc) is 2.91. The van der Waals surface area contributed by atoms with Gasteiger partial charge in [0, 0.05) is 6.54 Å². The third kappa shape index (κ3) is 5.27. The van der Waals surface area contributed by atoms with Crippen LogP contribution >= 0.6 is 0 Å². The first-order valence-electron chi connectivity index (χ1n) is 5.86. The van der Waals surface area contributed by atoms with Gasteiger partial charge < -0.3 is 15.4 Å². The molecule has 0 saturated carbocycles. The van der Waals surface area contributed by atoms with Crippen molar-refractivity contribution < 1.29 is 27.9 Å². The molecule has 0 aliphatic heterocycles. The molecule has 118 valence electrons. The molecule has 1 heterocycles. The number of rotatable bonds is 3. The Morgan fingerprint density at radius 2 is 2.05 bits per heavy atom. The molecule has 0 aliphatic carbocycles. The number of alkyl halides is 3. The first-order valence-corrected chi connectivity index (χ1v) is 5.86. The summed E-state index contributed by atoms with van der Waals surface area (Å²) in [5, 5.41) is 9.84. The number of halogens is 3. The van der Waals surface area contributed by atoms with Crippen LogP contribution in [0.2, 0.25) is 0 Å². The van der Waals surface area contributed by atoms with E-state index in [2.05, 4.69) is 21.9 Å². The highest BCUT2D eigenvalue weighted by atomic mass is 19.4. The predicted octanol–water partition coefficient (Wildman–Crippen LogP) is 2.00. The lowest BCUT2D eigenvalue weighted by molar-refractivity contribution is -0.192. The largest absolute Gasteiger partial charge is 0.490 e. The number of amides is 1. The topological polar surface area (TPSA) is 95.1 Å². The van der Waals surface area contributed by atoms with Crippen LogP contribution in [0, 0.1) is 0 Å². The number of nitrogens with one attached hydrogen (secondary N) is 2. The van der Waals surface area contributed by atoms with Crippen LogP contribution in [0.1, 0.15) is 5.56 Å². The number of carbonyl (C=O) groups is 2. The van der Waals surface area contributed by atoms with E-state index in [1.807, 2.05) is 18.2 Å². The summed E-state index contributed by atoms with van der Waals surface area (Å²) in [5.41, 5.74) is 2.93. The number of imidazole rings is 1. The zero-order valence-electron chi connectivity index (χ0n) is 11.1. The van der Waals surface area contributed by atoms with Gasteiger partial charge in [0.05, 0.1) is 17.4 Å². The van der Waals surface area contributed by atoms with Crippen molar-refractivity contribution in [3.8, 4) is 0 Å². The quantitative estimate of drug-likeness (QED) is 0.755. The number of benzene rings is 1. The van der Waals surface area contributed by atoms with Gasteiger partial charge in [0.2, 0.25) is 5.91 Å². The fourth-order valence-corrected chi connectivity index (χ4v) is 1.35. The van der Waals surface area contributed by atoms with Crippen molar-refractivity contribution >= 4 is 22.9 Å². The van der Waals surface area contributed by atoms with Gasteiger partial charge in [0.15, 0.2) is 0 Å². The van der Waals surface area contributed by atoms with E-state index in [0.29, 0.717) is 6.54 Å². The second-order valence-corrected chi connectivity index (χ2v) is 3.98. The molecule has 0 saturated heterocycles. The number of fused-ring (bicyclic) bond motifs is 1. The first kappa shape index (κ1) is 17.2. The summed E-state index contributed by atoms with van der Waals surface area (Å²) in [7, 11) is 0. The fourth-order valence-electron chi connectivity index (χ4n) is 1.35. The maximum absolute atomic E-state index is 10.9. The van der Waals surface area contributed by atoms with Crippen molar-refractivity contribution in [3.63, 3.8) is 0 Å². The first-order chi connectivity index (χ1) is 10.2. The number of carboxylic acids is 1. The Morgan fingerprint density at radius 3 is 2.59 bits per heavy atom. The molecule has 9 heteroatoms. The van der Waals surface area contributed by atoms with Gasteiger partial charge in [-0.05, 0) is 23.8 Å². The molecule has 1 aromatic carbocycles. The molecular weight excluding hydrogens is 303 g/mol. The number of nitrogens with zero attached hydrogens (tertiary/aromatic N) is 1. The molecule has 1 aromatic heterocycles. The molecular formula is C13H12F3N3O3. The van der Waals surface area contributed by atoms with Crippen LogP contribution in [-0.2, 0) is 16.1 Å². The molecule has 0 radical (unpaired) electrons. The summed E-state index contributed by atoms with van der Waals surface area (Å²) in [6.07, 6.45) is -2.18. The van der Waals surface area contributed by atoms with E-state index < -0.39 is 12.1 Å². The Kier molecular flexibility index (Phi) is 5.67. The summed E-state index contributed by atoms with van der Waals surface area (Å²) in [5.74, 6) is -2.92. The predicted molar refractivity (Wildman–Crippen MR) is 71.8 cm³/mol. The summed E-state index contributed by atoms with van der Waals surface area (Å²) >= 11 is 0. The van der Waals surface area contributed by atoms with Gasteiger partial charge in [-0.3, -0.25) is 4.79 Å². The smallest absolute Gasteiger partial charge is 0.475 e. The summed E-state index contributed by atoms with van der Waals surface area (Å²) in [6.45, 7) is 3.89. The summed E-state index contributed by atoms with van der Waals surface area (Å²) in [4.78, 5) is 27.0. The molecule has 1 amide bonds. The highest BCUT2D eigenvalue weighted by Gasteiger charge is 2.38. The number of aromatic amines is 1. The van der Waals surface area contributed by atoms with Crippen LogP contribution in [0.25, 0.3) is 11.0 Å². The van der Waals surface area contributed by atoms with Gasteiger partial charge in [0.1, 0.15) is 0 Å². The summed E-state index contributed by atoms with van der Waals surface area (Å²) in [6, 6.07) is 5.82. The van der Waals surface area contributed by atoms with Crippen LogP contribution in [0.4, 0.5) is 13.2 Å². The van der Waals surface area contributed by atoms with Crippen molar-refractivity contribution in [2.75, 3.05) is 0 Å². The minimum absolute atomic E-state index is 0.167. The van der Waals surface area contributed by atoms with Gasteiger partial charge in [-0.25, -0.2) is 9.78 Å². The molecule has 0 fully saturated rings. The van der Waals surface area contributed by atoms with Crippen molar-refractivity contribution in [1.29, 1.82) is 0 Å². The normalized spacial score (nSPS) is 10.5. The Balaban J connectivity index is 0.000000295. The molecule has 0 aliphatic rings. The van der Waals surface area contributed by atoms with Gasteiger partial charge in [-0.1, -0.05) is 12.6 Å². The second kappa shape index (κ2) is 7.25. The molecule has 0 spiro atoms. The van der Waals surface area contributed by atoms with E-state index >= 15 is 0 Å². The summed E-state index contributed by atoms with van der Waals surface area (Å²) < 4.78 is 31.7. The number of hydrogen-bond acceptors (Lipinski definition) is 3. The lowest BCUT2D eigenvalue weighted by atomic mass is 10.2. The maximum Gasteiger partial charge on any atom is 0.490 e. The standard InChI is InChI=1S/C11H11N3O.C2HF3O2/c1-2-11(15)12-6-8-3-4-9-10(5-8)14-7-13-9;3-2(4,5)1(6)7/h2-5,7H,1,6H2,(H,12,15)(H,13,14);(H,6,7). The van der Waals surface area contributed by atoms with Gasteiger partial charge in [-0.15, -0.1) is 0 Å². The lowest BCUT2D eigenvalue weighted by Gasteiger charge is -2.01. The SMILES string of the molecule is C=CC(=O)NCc1ccc2nc[nH]c2c1.O=C(O)C(F)(F)F. The third-order valence-corrected chi connectivity index (χ3v) is 2.38. The Morgan fingerprint density at radius 1 is 1.41 bits per heavy atom. The zero-order chi connectivity index (χ0) is 16.8. The molecule has 22 heavy (non-hydrogen) atoms. The Labute approximate surface area is 122 Å². The lowest BCUT2D eigenvalue weighted by Crippen LogP contribution is -2.21. The van der Waals surface area contributed by atoms with Crippen LogP contribution in [-0.4, -0.2) is 33.1 Å². The Bertz CT molecular complexity index is 680. The third-order valence-electron chi connectivity index (χ3n) is 2.38. The minimum atomic E-state index is -5.08. The van der Waals surface area contributed by atoms with Crippen LogP contribution in [0.15, 0.2) is 37.2 Å². The maximum atomic E-state index is 10.9. The van der Waals surface area contributed by atoms with Crippen molar-refractivity contribution in [2.45, 2.75) is 12.7 Å². The number of carbonyl (C=O) groups excluding carboxylic acids is 1. The molecule has 0 atom stereocenters. The van der Waals surface area contributed by atoms with E-state index in [4.69, 9.17) is 9.90 Å². The van der Waals surface area contributed by atoms with Gasteiger partial charge in [-0.2, -0.15) is 13.2 Å². The van der Waals surface area contributed by atoms with Gasteiger partial charge >= 0.3 is 12.1 Å². The fraction of sp³-hybridized carbons (Fsp3) is 0.154. The average molecular weight is 315 g/mol. The van der Waals surface area contributed by atoms with Gasteiger partial charge in [0.25, 0.3) is 0 Å². The van der Waals surface area contributed by atoms with Crippen LogP contribution < -0.4 is 5.32 Å². The van der Waals surface area contributed by atoms with E-state index in [9.17, 15) is 18.0 Å². The number of aromatic nitrogens is 2. The highest BCUT2D eigenvalue weighted by molar-refractivity contribution is 5.86. The molecule has 2 aromatic rings. The minimum Gasteiger partial charge on any atom is -0.475 e. The molecule has 0 bridgehead atoms.